The number of hydrogen-bond donors (Lipinski definition) is 3. The summed E-state index contributed by atoms with van der Waals surface area (Å²) in [5.41, 5.74) is -0.606. The van der Waals surface area contributed by atoms with E-state index in [2.05, 4.69) is 10.3 Å². The Morgan fingerprint density at radius 3 is 2.60 bits per heavy atom. The van der Waals surface area contributed by atoms with Crippen molar-refractivity contribution >= 4 is 11.3 Å². The number of aliphatic hydroxyl groups excluding tert-OH is 2. The van der Waals surface area contributed by atoms with E-state index in [-0.39, 0.29) is 19.3 Å². The molecule has 0 saturated carbocycles. The second kappa shape index (κ2) is 5.55. The van der Waals surface area contributed by atoms with Gasteiger partial charge in [-0.15, -0.1) is 11.3 Å². The summed E-state index contributed by atoms with van der Waals surface area (Å²) in [5, 5.41) is 24.7. The molecule has 0 radical (unpaired) electrons. The van der Waals surface area contributed by atoms with Crippen LogP contribution in [0.15, 0.2) is 11.6 Å². The van der Waals surface area contributed by atoms with Crippen LogP contribution in [0, 0.1) is 0 Å². The third kappa shape index (κ3) is 2.98. The van der Waals surface area contributed by atoms with Crippen LogP contribution >= 0.6 is 11.3 Å². The molecule has 3 N–H and O–H groups in total. The van der Waals surface area contributed by atoms with Gasteiger partial charge in [-0.1, -0.05) is 6.92 Å². The Bertz CT molecular complexity index is 265. The summed E-state index contributed by atoms with van der Waals surface area (Å²) in [6.45, 7) is 3.77. The predicted octanol–water partition coefficient (Wildman–Crippen LogP) is 0.927. The zero-order valence-electron chi connectivity index (χ0n) is 9.10. The van der Waals surface area contributed by atoms with Crippen LogP contribution in [0.1, 0.15) is 31.3 Å². The minimum atomic E-state index is -0.606. The van der Waals surface area contributed by atoms with Crippen LogP contribution in [0.3, 0.4) is 0 Å². The first-order chi connectivity index (χ1) is 7.17. The van der Waals surface area contributed by atoms with E-state index in [1.165, 1.54) is 0 Å². The molecule has 0 bridgehead atoms. The van der Waals surface area contributed by atoms with Gasteiger partial charge in [-0.3, -0.25) is 5.32 Å². The second-order valence-electron chi connectivity index (χ2n) is 3.69. The van der Waals surface area contributed by atoms with Gasteiger partial charge in [-0.25, -0.2) is 4.98 Å². The van der Waals surface area contributed by atoms with E-state index in [1.54, 1.807) is 17.5 Å². The van der Waals surface area contributed by atoms with Crippen LogP contribution in [0.4, 0.5) is 0 Å². The normalized spacial score (nSPS) is 14.1. The standard InChI is InChI=1S/C10H18N2O2S/c1-3-10(6-13,7-14)12-8(2)9-11-4-5-15-9/h4-5,8,12-14H,3,6-7H2,1-2H3. The summed E-state index contributed by atoms with van der Waals surface area (Å²) >= 11 is 1.57. The van der Waals surface area contributed by atoms with Crippen molar-refractivity contribution in [2.24, 2.45) is 0 Å². The highest BCUT2D eigenvalue weighted by Crippen LogP contribution is 2.20. The fraction of sp³-hybridized carbons (Fsp3) is 0.700. The van der Waals surface area contributed by atoms with E-state index in [1.807, 2.05) is 19.2 Å². The van der Waals surface area contributed by atoms with Gasteiger partial charge in [0, 0.05) is 11.6 Å². The van der Waals surface area contributed by atoms with Gasteiger partial charge in [0.25, 0.3) is 0 Å². The molecule has 4 nitrogen and oxygen atoms in total. The van der Waals surface area contributed by atoms with Gasteiger partial charge in [-0.2, -0.15) is 0 Å². The molecule has 0 aliphatic heterocycles. The summed E-state index contributed by atoms with van der Waals surface area (Å²) < 4.78 is 0. The van der Waals surface area contributed by atoms with Gasteiger partial charge in [-0.05, 0) is 13.3 Å². The van der Waals surface area contributed by atoms with Crippen molar-refractivity contribution in [3.63, 3.8) is 0 Å². The average molecular weight is 230 g/mol. The van der Waals surface area contributed by atoms with Crippen LogP contribution in [0.25, 0.3) is 0 Å². The largest absolute Gasteiger partial charge is 0.394 e. The van der Waals surface area contributed by atoms with Gasteiger partial charge in [0.05, 0.1) is 24.8 Å². The maximum absolute atomic E-state index is 9.28. The maximum Gasteiger partial charge on any atom is 0.109 e. The summed E-state index contributed by atoms with van der Waals surface area (Å²) in [6, 6.07) is 0.0456. The Morgan fingerprint density at radius 2 is 2.20 bits per heavy atom. The first-order valence-electron chi connectivity index (χ1n) is 5.06. The van der Waals surface area contributed by atoms with Crippen molar-refractivity contribution in [1.82, 2.24) is 10.3 Å². The fourth-order valence-electron chi connectivity index (χ4n) is 1.44. The molecule has 0 aliphatic carbocycles. The van der Waals surface area contributed by atoms with Gasteiger partial charge < -0.3 is 10.2 Å². The Labute approximate surface area is 94.0 Å². The van der Waals surface area contributed by atoms with Crippen molar-refractivity contribution < 1.29 is 10.2 Å². The highest BCUT2D eigenvalue weighted by molar-refractivity contribution is 7.09. The molecule has 0 saturated heterocycles. The maximum atomic E-state index is 9.28. The van der Waals surface area contributed by atoms with Crippen LogP contribution in [0.5, 0.6) is 0 Å². The first-order valence-corrected chi connectivity index (χ1v) is 5.94. The van der Waals surface area contributed by atoms with E-state index in [9.17, 15) is 10.2 Å². The van der Waals surface area contributed by atoms with Crippen molar-refractivity contribution in [1.29, 1.82) is 0 Å². The summed E-state index contributed by atoms with van der Waals surface area (Å²) in [5.74, 6) is 0. The third-order valence-electron chi connectivity index (χ3n) is 2.63. The number of nitrogens with one attached hydrogen (secondary N) is 1. The van der Waals surface area contributed by atoms with Crippen LogP contribution < -0.4 is 5.32 Å². The number of aliphatic hydroxyl groups is 2. The molecule has 1 unspecified atom stereocenters. The lowest BCUT2D eigenvalue weighted by molar-refractivity contribution is 0.0792. The molecule has 0 aliphatic rings. The quantitative estimate of drug-likeness (QED) is 0.680. The number of hydrogen-bond acceptors (Lipinski definition) is 5. The Hall–Kier alpha value is -0.490. The van der Waals surface area contributed by atoms with Crippen molar-refractivity contribution in [2.75, 3.05) is 13.2 Å². The number of rotatable bonds is 6. The van der Waals surface area contributed by atoms with Crippen LogP contribution in [-0.4, -0.2) is 33.9 Å². The Morgan fingerprint density at radius 1 is 1.53 bits per heavy atom. The number of thiazole rings is 1. The lowest BCUT2D eigenvalue weighted by atomic mass is 9.97. The fourth-order valence-corrected chi connectivity index (χ4v) is 2.08. The van der Waals surface area contributed by atoms with E-state index in [4.69, 9.17) is 0 Å². The predicted molar refractivity (Wildman–Crippen MR) is 60.9 cm³/mol. The van der Waals surface area contributed by atoms with E-state index in [0.29, 0.717) is 6.42 Å². The smallest absolute Gasteiger partial charge is 0.109 e. The molecule has 5 heteroatoms. The monoisotopic (exact) mass is 230 g/mol. The van der Waals surface area contributed by atoms with E-state index in [0.717, 1.165) is 5.01 Å². The minimum absolute atomic E-state index is 0.0456. The molecule has 1 atom stereocenters. The topological polar surface area (TPSA) is 65.4 Å². The van der Waals surface area contributed by atoms with E-state index >= 15 is 0 Å². The average Bonchev–Trinajstić information content (AvgIpc) is 2.79. The first kappa shape index (κ1) is 12.6. The molecular weight excluding hydrogens is 212 g/mol. The zero-order chi connectivity index (χ0) is 11.3. The Balaban J connectivity index is 2.66. The lowest BCUT2D eigenvalue weighted by Gasteiger charge is -2.32. The van der Waals surface area contributed by atoms with Gasteiger partial charge in [0.15, 0.2) is 0 Å². The Kier molecular flexibility index (Phi) is 4.66. The minimum Gasteiger partial charge on any atom is -0.394 e. The molecule has 1 aromatic heterocycles. The third-order valence-corrected chi connectivity index (χ3v) is 3.58. The summed E-state index contributed by atoms with van der Waals surface area (Å²) in [7, 11) is 0. The molecular formula is C10H18N2O2S. The molecule has 1 rings (SSSR count). The van der Waals surface area contributed by atoms with Gasteiger partial charge in [0.1, 0.15) is 5.01 Å². The molecule has 1 heterocycles. The molecule has 0 spiro atoms. The van der Waals surface area contributed by atoms with Crippen molar-refractivity contribution in [3.05, 3.63) is 16.6 Å². The van der Waals surface area contributed by atoms with E-state index < -0.39 is 5.54 Å². The highest BCUT2D eigenvalue weighted by atomic mass is 32.1. The van der Waals surface area contributed by atoms with Crippen LogP contribution in [0.2, 0.25) is 0 Å². The second-order valence-corrected chi connectivity index (χ2v) is 4.61. The molecule has 15 heavy (non-hydrogen) atoms. The van der Waals surface area contributed by atoms with Crippen molar-refractivity contribution in [2.45, 2.75) is 31.8 Å². The van der Waals surface area contributed by atoms with Gasteiger partial charge in [0.2, 0.25) is 0 Å². The zero-order valence-corrected chi connectivity index (χ0v) is 9.92. The molecule has 0 fully saturated rings. The SMILES string of the molecule is CCC(CO)(CO)NC(C)c1nccs1. The molecule has 0 amide bonds. The summed E-state index contributed by atoms with van der Waals surface area (Å²) in [6.07, 6.45) is 2.43. The molecule has 1 aromatic rings. The molecule has 86 valence electrons. The summed E-state index contributed by atoms with van der Waals surface area (Å²) in [4.78, 5) is 4.20. The molecule has 0 aromatic carbocycles. The van der Waals surface area contributed by atoms with Crippen molar-refractivity contribution in [3.8, 4) is 0 Å². The number of aromatic nitrogens is 1. The number of nitrogens with zero attached hydrogens (tertiary/aromatic N) is 1. The lowest BCUT2D eigenvalue weighted by Crippen LogP contribution is -2.52. The van der Waals surface area contributed by atoms with Gasteiger partial charge >= 0.3 is 0 Å². The highest BCUT2D eigenvalue weighted by Gasteiger charge is 2.28. The van der Waals surface area contributed by atoms with Crippen LogP contribution in [-0.2, 0) is 0 Å².